The third-order valence-corrected chi connectivity index (χ3v) is 3.52. The molecule has 0 aliphatic rings. The molecule has 0 saturated carbocycles. The zero-order chi connectivity index (χ0) is 9.83. The zero-order valence-corrected chi connectivity index (χ0v) is 9.92. The summed E-state index contributed by atoms with van der Waals surface area (Å²) in [6.07, 6.45) is 3.72. The van der Waals surface area contributed by atoms with Gasteiger partial charge in [0.1, 0.15) is 0 Å². The van der Waals surface area contributed by atoms with Crippen LogP contribution < -0.4 is 5.14 Å². The molecule has 0 amide bonds. The second-order valence-electron chi connectivity index (χ2n) is 4.90. The van der Waals surface area contributed by atoms with Gasteiger partial charge in [-0.05, 0) is 32.1 Å². The lowest BCUT2D eigenvalue weighted by Crippen LogP contribution is -2.21. The molecule has 0 aliphatic heterocycles. The van der Waals surface area contributed by atoms with E-state index in [4.69, 9.17) is 5.14 Å². The molecule has 0 atom stereocenters. The van der Waals surface area contributed by atoms with Crippen molar-refractivity contribution in [1.29, 1.82) is 0 Å². The van der Waals surface area contributed by atoms with E-state index >= 15 is 0 Å². The van der Waals surface area contributed by atoms with Crippen LogP contribution in [0.3, 0.4) is 0 Å². The van der Waals surface area contributed by atoms with Crippen LogP contribution in [0.1, 0.15) is 53.9 Å². The Kier molecular flexibility index (Phi) is 4.64. The Hall–Kier alpha value is 0.310. The maximum Gasteiger partial charge on any atom is 0.0246 e. The van der Waals surface area contributed by atoms with Gasteiger partial charge in [0.2, 0.25) is 0 Å². The summed E-state index contributed by atoms with van der Waals surface area (Å²) in [5.41, 5.74) is 0.479. The summed E-state index contributed by atoms with van der Waals surface area (Å²) in [7, 11) is 0. The van der Waals surface area contributed by atoms with Crippen molar-refractivity contribution in [2.75, 3.05) is 0 Å². The molecule has 0 saturated heterocycles. The highest BCUT2D eigenvalue weighted by atomic mass is 32.2. The van der Waals surface area contributed by atoms with E-state index in [1.165, 1.54) is 31.2 Å². The quantitative estimate of drug-likeness (QED) is 0.669. The van der Waals surface area contributed by atoms with Gasteiger partial charge in [0.25, 0.3) is 0 Å². The van der Waals surface area contributed by atoms with Gasteiger partial charge < -0.3 is 0 Å². The minimum Gasteiger partial charge on any atom is -0.277 e. The molecule has 12 heavy (non-hydrogen) atoms. The molecule has 0 rings (SSSR count). The lowest BCUT2D eigenvalue weighted by atomic mass is 9.83. The van der Waals surface area contributed by atoms with Crippen LogP contribution in [-0.2, 0) is 0 Å². The third kappa shape index (κ3) is 5.04. The molecule has 1 nitrogen and oxygen atoms in total. The van der Waals surface area contributed by atoms with Crippen molar-refractivity contribution in [2.24, 2.45) is 10.6 Å². The third-order valence-electron chi connectivity index (χ3n) is 2.68. The van der Waals surface area contributed by atoms with Gasteiger partial charge in [-0.3, -0.25) is 5.14 Å². The highest BCUT2D eigenvalue weighted by molar-refractivity contribution is 7.98. The summed E-state index contributed by atoms with van der Waals surface area (Å²) in [4.78, 5) is 0. The van der Waals surface area contributed by atoms with Gasteiger partial charge in [0, 0.05) is 4.75 Å². The smallest absolute Gasteiger partial charge is 0.0246 e. The Morgan fingerprint density at radius 2 is 1.58 bits per heavy atom. The summed E-state index contributed by atoms with van der Waals surface area (Å²) in [6, 6.07) is 0. The van der Waals surface area contributed by atoms with E-state index in [9.17, 15) is 0 Å². The molecule has 0 heterocycles. The topological polar surface area (TPSA) is 26.0 Å². The Morgan fingerprint density at radius 1 is 1.08 bits per heavy atom. The van der Waals surface area contributed by atoms with Crippen molar-refractivity contribution in [1.82, 2.24) is 0 Å². The molecule has 0 aromatic rings. The van der Waals surface area contributed by atoms with E-state index in [1.54, 1.807) is 0 Å². The van der Waals surface area contributed by atoms with E-state index < -0.39 is 0 Å². The lowest BCUT2D eigenvalue weighted by Gasteiger charge is -2.28. The molecular weight excluding hydrogens is 166 g/mol. The summed E-state index contributed by atoms with van der Waals surface area (Å²) in [5, 5.41) is 5.59. The first-order chi connectivity index (χ1) is 5.33. The Morgan fingerprint density at radius 3 is 1.92 bits per heavy atom. The van der Waals surface area contributed by atoms with E-state index in [0.717, 1.165) is 0 Å². The molecule has 74 valence electrons. The Balaban J connectivity index is 3.82. The van der Waals surface area contributed by atoms with Crippen LogP contribution in [0.5, 0.6) is 0 Å². The van der Waals surface area contributed by atoms with Crippen LogP contribution in [0.2, 0.25) is 0 Å². The van der Waals surface area contributed by atoms with Gasteiger partial charge in [0.05, 0.1) is 0 Å². The molecule has 0 unspecified atom stereocenters. The van der Waals surface area contributed by atoms with Crippen LogP contribution >= 0.6 is 11.9 Å². The zero-order valence-electron chi connectivity index (χ0n) is 9.11. The Bertz CT molecular complexity index is 114. The molecule has 0 aliphatic carbocycles. The Labute approximate surface area is 81.6 Å². The first kappa shape index (κ1) is 12.3. The van der Waals surface area contributed by atoms with Crippen LogP contribution in [-0.4, -0.2) is 4.75 Å². The van der Waals surface area contributed by atoms with Crippen molar-refractivity contribution in [3.05, 3.63) is 0 Å². The molecule has 0 radical (unpaired) electrons. The average molecular weight is 189 g/mol. The molecule has 2 heteroatoms. The minimum atomic E-state index is 0.242. The fourth-order valence-corrected chi connectivity index (χ4v) is 1.10. The van der Waals surface area contributed by atoms with E-state index in [-0.39, 0.29) is 4.75 Å². The fourth-order valence-electron chi connectivity index (χ4n) is 0.875. The maximum atomic E-state index is 5.59. The number of hydrogen-bond donors (Lipinski definition) is 1. The molecule has 0 spiro atoms. The van der Waals surface area contributed by atoms with E-state index in [2.05, 4.69) is 34.6 Å². The number of rotatable bonds is 5. The van der Waals surface area contributed by atoms with Crippen molar-refractivity contribution >= 4 is 11.9 Å². The van der Waals surface area contributed by atoms with Crippen molar-refractivity contribution in [2.45, 2.75) is 58.6 Å². The maximum absolute atomic E-state index is 5.59. The average Bonchev–Trinajstić information content (AvgIpc) is 2.02. The van der Waals surface area contributed by atoms with E-state index in [1.807, 2.05) is 0 Å². The van der Waals surface area contributed by atoms with E-state index in [0.29, 0.717) is 5.41 Å². The normalized spacial score (nSPS) is 13.5. The molecule has 0 aromatic heterocycles. The fraction of sp³-hybridized carbons (Fsp3) is 1.00. The highest BCUT2D eigenvalue weighted by Crippen LogP contribution is 2.33. The first-order valence-electron chi connectivity index (χ1n) is 4.71. The van der Waals surface area contributed by atoms with Gasteiger partial charge in [-0.15, -0.1) is 0 Å². The molecule has 0 fully saturated rings. The van der Waals surface area contributed by atoms with Crippen molar-refractivity contribution < 1.29 is 0 Å². The molecular formula is C10H23NS. The van der Waals surface area contributed by atoms with Crippen LogP contribution in [0, 0.1) is 5.41 Å². The largest absolute Gasteiger partial charge is 0.277 e. The van der Waals surface area contributed by atoms with Crippen LogP contribution in [0.25, 0.3) is 0 Å². The van der Waals surface area contributed by atoms with Gasteiger partial charge >= 0.3 is 0 Å². The summed E-state index contributed by atoms with van der Waals surface area (Å²) >= 11 is 1.48. The van der Waals surface area contributed by atoms with Crippen LogP contribution in [0.4, 0.5) is 0 Å². The number of hydrogen-bond acceptors (Lipinski definition) is 2. The summed E-state index contributed by atoms with van der Waals surface area (Å²) in [6.45, 7) is 11.3. The van der Waals surface area contributed by atoms with Crippen molar-refractivity contribution in [3.8, 4) is 0 Å². The molecule has 0 bridgehead atoms. The second-order valence-corrected chi connectivity index (χ2v) is 6.24. The first-order valence-corrected chi connectivity index (χ1v) is 5.59. The predicted octanol–water partition coefficient (Wildman–Crippen LogP) is 3.59. The van der Waals surface area contributed by atoms with Gasteiger partial charge in [-0.25, -0.2) is 0 Å². The molecule has 0 aromatic carbocycles. The lowest BCUT2D eigenvalue weighted by molar-refractivity contribution is 0.300. The van der Waals surface area contributed by atoms with Gasteiger partial charge in [-0.1, -0.05) is 39.1 Å². The highest BCUT2D eigenvalue weighted by Gasteiger charge is 2.22. The number of nitrogens with two attached hydrogens (primary N) is 1. The monoisotopic (exact) mass is 189 g/mol. The predicted molar refractivity (Wildman–Crippen MR) is 59.2 cm³/mol. The summed E-state index contributed by atoms with van der Waals surface area (Å²) < 4.78 is 0.242. The van der Waals surface area contributed by atoms with Gasteiger partial charge in [0.15, 0.2) is 0 Å². The SMILES string of the molecule is CCC(C)(C)CCC(C)(C)SN. The van der Waals surface area contributed by atoms with Crippen LogP contribution in [0.15, 0.2) is 0 Å². The summed E-state index contributed by atoms with van der Waals surface area (Å²) in [5.74, 6) is 0. The standard InChI is InChI=1S/C10H23NS/c1-6-9(2,3)7-8-10(4,5)12-11/h6-8,11H2,1-5H3. The minimum absolute atomic E-state index is 0.242. The second kappa shape index (κ2) is 4.52. The van der Waals surface area contributed by atoms with Crippen molar-refractivity contribution in [3.63, 3.8) is 0 Å². The molecule has 2 N–H and O–H groups in total. The van der Waals surface area contributed by atoms with Gasteiger partial charge in [-0.2, -0.15) is 0 Å².